The zero-order chi connectivity index (χ0) is 8.27. The number of aldehydes is 1. The Balaban J connectivity index is 0.00000121. The molecule has 0 radical (unpaired) electrons. The van der Waals surface area contributed by atoms with Crippen LogP contribution in [0.5, 0.6) is 0 Å². The van der Waals surface area contributed by atoms with Gasteiger partial charge in [0, 0.05) is 5.56 Å². The van der Waals surface area contributed by atoms with Gasteiger partial charge in [-0.05, 0) is 12.1 Å². The third-order valence-electron chi connectivity index (χ3n) is 1.29. The van der Waals surface area contributed by atoms with Gasteiger partial charge in [0.1, 0.15) is 6.29 Å². The number of carboxylic acids is 1. The first-order valence-electron chi connectivity index (χ1n) is 3.02. The summed E-state index contributed by atoms with van der Waals surface area (Å²) in [6.45, 7) is 0. The molecule has 4 nitrogen and oxygen atoms in total. The first kappa shape index (κ1) is 10.3. The van der Waals surface area contributed by atoms with Gasteiger partial charge >= 0.3 is 5.97 Å². The van der Waals surface area contributed by atoms with Crippen molar-refractivity contribution >= 4 is 12.3 Å². The van der Waals surface area contributed by atoms with Gasteiger partial charge in [0.25, 0.3) is 0 Å². The van der Waals surface area contributed by atoms with Crippen molar-refractivity contribution in [2.75, 3.05) is 0 Å². The van der Waals surface area contributed by atoms with E-state index in [0.717, 1.165) is 0 Å². The summed E-state index contributed by atoms with van der Waals surface area (Å²) >= 11 is 0. The van der Waals surface area contributed by atoms with Crippen LogP contribution < -0.4 is 6.15 Å². The lowest BCUT2D eigenvalue weighted by Gasteiger charge is -1.92. The highest BCUT2D eigenvalue weighted by Crippen LogP contribution is 2.01. The maximum Gasteiger partial charge on any atom is 0.335 e. The molecule has 0 atom stereocenters. The van der Waals surface area contributed by atoms with E-state index in [1.807, 2.05) is 0 Å². The number of carbonyl (C=O) groups excluding carboxylic acids is 1. The van der Waals surface area contributed by atoms with Crippen LogP contribution in [0.25, 0.3) is 0 Å². The highest BCUT2D eigenvalue weighted by molar-refractivity contribution is 5.88. The molecule has 0 saturated heterocycles. The largest absolute Gasteiger partial charge is 0.478 e. The van der Waals surface area contributed by atoms with Crippen molar-refractivity contribution in [3.8, 4) is 0 Å². The molecular weight excluding hydrogens is 158 g/mol. The molecule has 0 aliphatic rings. The Hall–Kier alpha value is -1.68. The Labute approximate surface area is 69.4 Å². The number of carbonyl (C=O) groups is 2. The number of carboxylic acid groups (broad SMARTS) is 1. The van der Waals surface area contributed by atoms with Crippen molar-refractivity contribution in [2.45, 2.75) is 0 Å². The fraction of sp³-hybridized carbons (Fsp3) is 0. The molecule has 12 heavy (non-hydrogen) atoms. The Morgan fingerprint density at radius 1 is 1.25 bits per heavy atom. The maximum absolute atomic E-state index is 10.3. The molecule has 0 heterocycles. The van der Waals surface area contributed by atoms with Gasteiger partial charge in [-0.2, -0.15) is 0 Å². The minimum Gasteiger partial charge on any atom is -0.478 e. The van der Waals surface area contributed by atoms with Crippen molar-refractivity contribution in [3.63, 3.8) is 0 Å². The maximum atomic E-state index is 10.3. The highest BCUT2D eigenvalue weighted by atomic mass is 16.4. The van der Waals surface area contributed by atoms with Crippen LogP contribution in [0.3, 0.4) is 0 Å². The van der Waals surface area contributed by atoms with Gasteiger partial charge in [0.15, 0.2) is 0 Å². The Morgan fingerprint density at radius 2 is 1.75 bits per heavy atom. The van der Waals surface area contributed by atoms with Crippen LogP contribution in [0.4, 0.5) is 0 Å². The average Bonchev–Trinajstić information content (AvgIpc) is 2.05. The molecule has 0 fully saturated rings. The van der Waals surface area contributed by atoms with Crippen molar-refractivity contribution in [3.05, 3.63) is 35.4 Å². The molecule has 1 aromatic carbocycles. The predicted octanol–water partition coefficient (Wildman–Crippen LogP) is 1.57. The molecule has 0 bridgehead atoms. The molecule has 0 aliphatic carbocycles. The molecule has 0 spiro atoms. The number of hydrogen-bond donors (Lipinski definition) is 2. The second-order valence-electron chi connectivity index (χ2n) is 2.05. The molecule has 0 saturated carbocycles. The molecule has 0 amide bonds. The minimum atomic E-state index is -0.984. The van der Waals surface area contributed by atoms with Gasteiger partial charge in [-0.1, -0.05) is 12.1 Å². The lowest BCUT2D eigenvalue weighted by molar-refractivity contribution is 0.0696. The predicted molar refractivity (Wildman–Crippen MR) is 44.8 cm³/mol. The Kier molecular flexibility index (Phi) is 3.66. The Morgan fingerprint density at radius 3 is 2.08 bits per heavy atom. The molecule has 64 valence electrons. The number of benzene rings is 1. The van der Waals surface area contributed by atoms with Gasteiger partial charge in [-0.25, -0.2) is 4.79 Å². The summed E-state index contributed by atoms with van der Waals surface area (Å²) in [7, 11) is 0. The molecular formula is C8H10NO3+. The van der Waals surface area contributed by atoms with Crippen LogP contribution in [0.15, 0.2) is 24.3 Å². The third kappa shape index (κ3) is 2.17. The van der Waals surface area contributed by atoms with Crippen LogP contribution in [-0.2, 0) is 0 Å². The third-order valence-corrected chi connectivity index (χ3v) is 1.29. The minimum absolute atomic E-state index is 0. The normalized spacial score (nSPS) is 8.33. The van der Waals surface area contributed by atoms with Crippen molar-refractivity contribution in [1.29, 1.82) is 0 Å². The van der Waals surface area contributed by atoms with E-state index < -0.39 is 5.97 Å². The number of aromatic carboxylic acids is 1. The van der Waals surface area contributed by atoms with E-state index >= 15 is 0 Å². The van der Waals surface area contributed by atoms with Crippen LogP contribution in [0, 0.1) is 0 Å². The fourth-order valence-electron chi connectivity index (χ4n) is 0.704. The Bertz CT molecular complexity index is 279. The first-order valence-corrected chi connectivity index (χ1v) is 3.02. The van der Waals surface area contributed by atoms with Crippen molar-refractivity contribution in [1.82, 2.24) is 6.15 Å². The van der Waals surface area contributed by atoms with E-state index in [9.17, 15) is 9.59 Å². The first-order chi connectivity index (χ1) is 5.24. The second-order valence-corrected chi connectivity index (χ2v) is 2.05. The standard InChI is InChI=1S/C8H6O3.H3N/c9-5-6-1-3-7(4-2-6)8(10)11;/h1-5H,(H,10,11);1H3/p+1. The van der Waals surface area contributed by atoms with Gasteiger partial charge in [0.05, 0.1) is 5.56 Å². The quantitative estimate of drug-likeness (QED) is 0.656. The molecule has 0 unspecified atom stereocenters. The van der Waals surface area contributed by atoms with E-state index in [2.05, 4.69) is 0 Å². The van der Waals surface area contributed by atoms with Gasteiger partial charge in [-0.3, -0.25) is 4.79 Å². The van der Waals surface area contributed by atoms with Gasteiger partial charge < -0.3 is 11.3 Å². The monoisotopic (exact) mass is 168 g/mol. The van der Waals surface area contributed by atoms with Crippen molar-refractivity contribution < 1.29 is 14.7 Å². The summed E-state index contributed by atoms with van der Waals surface area (Å²) in [5.41, 5.74) is 0.672. The summed E-state index contributed by atoms with van der Waals surface area (Å²) in [6.07, 6.45) is 0.672. The number of quaternary nitrogens is 1. The molecule has 5 N–H and O–H groups in total. The molecule has 1 rings (SSSR count). The van der Waals surface area contributed by atoms with E-state index in [-0.39, 0.29) is 11.7 Å². The van der Waals surface area contributed by atoms with E-state index in [4.69, 9.17) is 5.11 Å². The summed E-state index contributed by atoms with van der Waals surface area (Å²) < 4.78 is 0. The van der Waals surface area contributed by atoms with Crippen LogP contribution in [-0.4, -0.2) is 17.4 Å². The highest BCUT2D eigenvalue weighted by Gasteiger charge is 1.99. The smallest absolute Gasteiger partial charge is 0.335 e. The molecule has 0 aliphatic heterocycles. The zero-order valence-electron chi connectivity index (χ0n) is 6.65. The second kappa shape index (κ2) is 4.25. The van der Waals surface area contributed by atoms with Gasteiger partial charge in [-0.15, -0.1) is 0 Å². The van der Waals surface area contributed by atoms with E-state index in [1.54, 1.807) is 0 Å². The summed E-state index contributed by atoms with van der Waals surface area (Å²) in [5.74, 6) is -0.984. The fourth-order valence-corrected chi connectivity index (χ4v) is 0.704. The summed E-state index contributed by atoms with van der Waals surface area (Å²) in [6, 6.07) is 5.73. The van der Waals surface area contributed by atoms with Crippen molar-refractivity contribution in [2.24, 2.45) is 0 Å². The summed E-state index contributed by atoms with van der Waals surface area (Å²) in [5, 5.41) is 8.46. The average molecular weight is 168 g/mol. The lowest BCUT2D eigenvalue weighted by atomic mass is 10.1. The zero-order valence-corrected chi connectivity index (χ0v) is 6.65. The molecule has 0 aromatic heterocycles. The molecule has 1 aromatic rings. The number of hydrogen-bond acceptors (Lipinski definition) is 2. The molecule has 4 heteroatoms. The number of rotatable bonds is 2. The topological polar surface area (TPSA) is 90.9 Å². The van der Waals surface area contributed by atoms with E-state index in [1.165, 1.54) is 24.3 Å². The summed E-state index contributed by atoms with van der Waals surface area (Å²) in [4.78, 5) is 20.5. The lowest BCUT2D eigenvalue weighted by Crippen LogP contribution is -1.95. The van der Waals surface area contributed by atoms with Crippen LogP contribution in [0.1, 0.15) is 20.7 Å². The van der Waals surface area contributed by atoms with E-state index in [0.29, 0.717) is 11.8 Å². The SMILES string of the molecule is O=Cc1ccc(C(=O)O)cc1.[NH4+]. The van der Waals surface area contributed by atoms with Crippen LogP contribution in [0.2, 0.25) is 0 Å². The van der Waals surface area contributed by atoms with Gasteiger partial charge in [0.2, 0.25) is 0 Å². The van der Waals surface area contributed by atoms with Crippen LogP contribution >= 0.6 is 0 Å².